The Kier molecular flexibility index (Phi) is 9.12. The molecule has 2 aromatic rings. The first-order chi connectivity index (χ1) is 17.5. The molecule has 4 rings (SSSR count). The van der Waals surface area contributed by atoms with Gasteiger partial charge in [0, 0.05) is 6.07 Å². The molecule has 0 N–H and O–H groups in total. The molecule has 4 heteroatoms. The summed E-state index contributed by atoms with van der Waals surface area (Å²) in [6.45, 7) is 5.78. The second kappa shape index (κ2) is 12.5. The topological polar surface area (TPSA) is 26.3 Å². The predicted molar refractivity (Wildman–Crippen MR) is 141 cm³/mol. The minimum Gasteiger partial charge on any atom is -0.423 e. The molecule has 0 spiro atoms. The van der Waals surface area contributed by atoms with Crippen molar-refractivity contribution in [1.82, 2.24) is 0 Å². The summed E-state index contributed by atoms with van der Waals surface area (Å²) in [7, 11) is 0. The zero-order chi connectivity index (χ0) is 25.5. The van der Waals surface area contributed by atoms with E-state index >= 15 is 4.39 Å². The Morgan fingerprint density at radius 3 is 2.56 bits per heavy atom. The summed E-state index contributed by atoms with van der Waals surface area (Å²) >= 11 is 0. The highest BCUT2D eigenvalue weighted by molar-refractivity contribution is 5.91. The van der Waals surface area contributed by atoms with E-state index in [1.807, 2.05) is 25.2 Å². The lowest BCUT2D eigenvalue weighted by atomic mass is 9.63. The third kappa shape index (κ3) is 6.52. The van der Waals surface area contributed by atoms with E-state index in [2.05, 4.69) is 6.58 Å². The highest BCUT2D eigenvalue weighted by Crippen LogP contribution is 2.48. The molecule has 36 heavy (non-hydrogen) atoms. The lowest BCUT2D eigenvalue weighted by molar-refractivity contribution is 0.0733. The number of allylic oxidation sites excluding steroid dienone is 3. The molecular formula is C32H38F2O2. The van der Waals surface area contributed by atoms with Gasteiger partial charge in [0.15, 0.2) is 0 Å². The summed E-state index contributed by atoms with van der Waals surface area (Å²) in [6.07, 6.45) is 16.6. The number of hydrogen-bond donors (Lipinski definition) is 0. The van der Waals surface area contributed by atoms with E-state index in [-0.39, 0.29) is 23.0 Å². The van der Waals surface area contributed by atoms with Crippen molar-refractivity contribution in [1.29, 1.82) is 0 Å². The van der Waals surface area contributed by atoms with E-state index in [1.165, 1.54) is 37.8 Å². The highest BCUT2D eigenvalue weighted by atomic mass is 19.1. The van der Waals surface area contributed by atoms with Gasteiger partial charge in [-0.05, 0) is 118 Å². The lowest BCUT2D eigenvalue weighted by Gasteiger charge is -2.42. The maximum atomic E-state index is 15.1. The van der Waals surface area contributed by atoms with Gasteiger partial charge in [-0.3, -0.25) is 0 Å². The van der Waals surface area contributed by atoms with Gasteiger partial charge in [-0.25, -0.2) is 13.6 Å². The summed E-state index contributed by atoms with van der Waals surface area (Å²) in [6, 6.07) is 9.10. The fourth-order valence-electron chi connectivity index (χ4n) is 6.24. The van der Waals surface area contributed by atoms with Gasteiger partial charge in [0.05, 0.1) is 5.56 Å². The average molecular weight is 493 g/mol. The summed E-state index contributed by atoms with van der Waals surface area (Å²) in [5.74, 6) is 1.13. The molecule has 0 heterocycles. The molecule has 0 bridgehead atoms. The summed E-state index contributed by atoms with van der Waals surface area (Å²) in [5.41, 5.74) is 1.42. The van der Waals surface area contributed by atoms with Crippen LogP contribution < -0.4 is 4.74 Å². The number of aryl methyl sites for hydroxylation is 1. The van der Waals surface area contributed by atoms with E-state index < -0.39 is 11.8 Å². The van der Waals surface area contributed by atoms with E-state index in [4.69, 9.17) is 4.74 Å². The first kappa shape index (κ1) is 26.3. The van der Waals surface area contributed by atoms with Gasteiger partial charge >= 0.3 is 5.97 Å². The molecule has 0 radical (unpaired) electrons. The minimum atomic E-state index is -0.678. The second-order valence-corrected chi connectivity index (χ2v) is 10.6. The molecule has 2 aliphatic carbocycles. The molecule has 4 atom stereocenters. The number of hydrogen-bond acceptors (Lipinski definition) is 2. The third-order valence-corrected chi connectivity index (χ3v) is 8.23. The number of carbonyl (C=O) groups excluding carboxylic acids is 1. The molecule has 192 valence electrons. The number of rotatable bonds is 9. The molecule has 0 saturated heterocycles. The minimum absolute atomic E-state index is 0.124. The van der Waals surface area contributed by atoms with Crippen LogP contribution in [0.25, 0.3) is 0 Å². The molecule has 0 aromatic heterocycles. The van der Waals surface area contributed by atoms with Gasteiger partial charge in [-0.2, -0.15) is 0 Å². The number of halogens is 2. The van der Waals surface area contributed by atoms with Gasteiger partial charge in [0.1, 0.15) is 17.4 Å². The monoisotopic (exact) mass is 492 g/mol. The summed E-state index contributed by atoms with van der Waals surface area (Å²) in [5, 5.41) is 0. The third-order valence-electron chi connectivity index (χ3n) is 8.23. The molecule has 4 unspecified atom stereocenters. The van der Waals surface area contributed by atoms with Crippen molar-refractivity contribution in [2.45, 2.75) is 77.0 Å². The first-order valence-corrected chi connectivity index (χ1v) is 13.5. The molecule has 2 aliphatic rings. The van der Waals surface area contributed by atoms with Crippen molar-refractivity contribution in [2.24, 2.45) is 17.8 Å². The van der Waals surface area contributed by atoms with Crippen LogP contribution in [0.3, 0.4) is 0 Å². The Balaban J connectivity index is 1.35. The normalized spacial score (nSPS) is 23.9. The zero-order valence-electron chi connectivity index (χ0n) is 21.4. The summed E-state index contributed by atoms with van der Waals surface area (Å²) < 4.78 is 34.9. The Hall–Kier alpha value is -2.75. The van der Waals surface area contributed by atoms with E-state index in [0.29, 0.717) is 23.5 Å². The van der Waals surface area contributed by atoms with Gasteiger partial charge < -0.3 is 4.74 Å². The van der Waals surface area contributed by atoms with E-state index in [0.717, 1.165) is 43.9 Å². The molecule has 0 amide bonds. The molecule has 2 fully saturated rings. The Labute approximate surface area is 214 Å². The zero-order valence-corrected chi connectivity index (χ0v) is 21.4. The number of fused-ring (bicyclic) bond motifs is 1. The number of ether oxygens (including phenoxy) is 1. The average Bonchev–Trinajstić information content (AvgIpc) is 2.88. The van der Waals surface area contributed by atoms with Crippen molar-refractivity contribution < 1.29 is 18.3 Å². The molecule has 2 nitrogen and oxygen atoms in total. The van der Waals surface area contributed by atoms with Crippen LogP contribution in [-0.2, 0) is 6.42 Å². The maximum Gasteiger partial charge on any atom is 0.343 e. The fourth-order valence-corrected chi connectivity index (χ4v) is 6.24. The van der Waals surface area contributed by atoms with Crippen LogP contribution >= 0.6 is 0 Å². The van der Waals surface area contributed by atoms with Crippen molar-refractivity contribution in [3.05, 3.63) is 89.5 Å². The van der Waals surface area contributed by atoms with E-state index in [9.17, 15) is 9.18 Å². The van der Waals surface area contributed by atoms with Crippen LogP contribution in [0.5, 0.6) is 5.75 Å². The number of esters is 1. The quantitative estimate of drug-likeness (QED) is 0.198. The molecule has 0 aliphatic heterocycles. The molecular weight excluding hydrogens is 454 g/mol. The summed E-state index contributed by atoms with van der Waals surface area (Å²) in [4.78, 5) is 12.6. The van der Waals surface area contributed by atoms with Crippen LogP contribution in [0, 0.1) is 29.4 Å². The largest absolute Gasteiger partial charge is 0.423 e. The SMILES string of the molecule is C=CCCC1CCC2CC(c3ccc(C(=O)Oc4ccc(CC/C=C/C)c(F)c4)cc3F)CCC2C1. The Morgan fingerprint density at radius 2 is 1.81 bits per heavy atom. The first-order valence-electron chi connectivity index (χ1n) is 13.5. The van der Waals surface area contributed by atoms with Crippen LogP contribution in [-0.4, -0.2) is 5.97 Å². The van der Waals surface area contributed by atoms with Crippen molar-refractivity contribution in [3.63, 3.8) is 0 Å². The smallest absolute Gasteiger partial charge is 0.343 e. The standard InChI is InChI=1S/C32H38F2O2/c1-3-5-7-9-23-14-16-28(21-30(23)33)36-32(35)27-15-17-29(31(34)20-27)26-13-12-24-18-22(8-6-4-2)10-11-25(24)19-26/h3-5,14-17,20-22,24-26H,2,6-13,18-19H2,1H3/b5-3+. The molecule has 2 aromatic carbocycles. The van der Waals surface area contributed by atoms with Crippen molar-refractivity contribution in [3.8, 4) is 5.75 Å². The Morgan fingerprint density at radius 1 is 1.00 bits per heavy atom. The van der Waals surface area contributed by atoms with Gasteiger partial charge in [-0.15, -0.1) is 6.58 Å². The van der Waals surface area contributed by atoms with Crippen LogP contribution in [0.4, 0.5) is 8.78 Å². The highest BCUT2D eigenvalue weighted by Gasteiger charge is 2.36. The predicted octanol–water partition coefficient (Wildman–Crippen LogP) is 8.96. The Bertz CT molecular complexity index is 1090. The fraction of sp³-hybridized carbons (Fsp3) is 0.469. The van der Waals surface area contributed by atoms with Gasteiger partial charge in [0.2, 0.25) is 0 Å². The van der Waals surface area contributed by atoms with Crippen LogP contribution in [0.15, 0.2) is 61.2 Å². The molecule has 2 saturated carbocycles. The van der Waals surface area contributed by atoms with Gasteiger partial charge in [0.25, 0.3) is 0 Å². The van der Waals surface area contributed by atoms with Crippen molar-refractivity contribution in [2.75, 3.05) is 0 Å². The van der Waals surface area contributed by atoms with E-state index in [1.54, 1.807) is 24.3 Å². The van der Waals surface area contributed by atoms with Crippen molar-refractivity contribution >= 4 is 5.97 Å². The van der Waals surface area contributed by atoms with Gasteiger partial charge in [-0.1, -0.05) is 36.8 Å². The lowest BCUT2D eigenvalue weighted by Crippen LogP contribution is -2.30. The number of benzene rings is 2. The number of carbonyl (C=O) groups is 1. The van der Waals surface area contributed by atoms with Crippen LogP contribution in [0.2, 0.25) is 0 Å². The van der Waals surface area contributed by atoms with Crippen LogP contribution in [0.1, 0.15) is 92.1 Å². The second-order valence-electron chi connectivity index (χ2n) is 10.6. The maximum absolute atomic E-state index is 15.1.